The zero-order chi connectivity index (χ0) is 22.0. The van der Waals surface area contributed by atoms with Gasteiger partial charge in [-0.05, 0) is 54.8 Å². The lowest BCUT2D eigenvalue weighted by Crippen LogP contribution is -2.25. The van der Waals surface area contributed by atoms with E-state index >= 15 is 0 Å². The molecule has 0 atom stereocenters. The minimum Gasteiger partial charge on any atom is -0.454 e. The van der Waals surface area contributed by atoms with Crippen molar-refractivity contribution in [1.82, 2.24) is 20.3 Å². The quantitative estimate of drug-likeness (QED) is 0.551. The van der Waals surface area contributed by atoms with Crippen LogP contribution in [0.3, 0.4) is 0 Å². The maximum atomic E-state index is 12.5. The molecule has 2 amide bonds. The third-order valence-corrected chi connectivity index (χ3v) is 4.96. The van der Waals surface area contributed by atoms with Crippen LogP contribution in [-0.4, -0.2) is 33.6 Å². The number of rotatable bonds is 6. The van der Waals surface area contributed by atoms with E-state index < -0.39 is 5.91 Å². The molecule has 0 radical (unpaired) electrons. The van der Waals surface area contributed by atoms with E-state index in [0.717, 1.165) is 16.7 Å². The molecule has 0 saturated heterocycles. The van der Waals surface area contributed by atoms with E-state index in [0.29, 0.717) is 17.2 Å². The number of hydrogen-bond donors (Lipinski definition) is 3. The molecule has 3 aromatic rings. The number of nitrogens with two attached hydrogens (primary N) is 1. The average molecular weight is 422 g/mol. The van der Waals surface area contributed by atoms with Crippen molar-refractivity contribution in [1.29, 1.82) is 0 Å². The van der Waals surface area contributed by atoms with Gasteiger partial charge in [0.1, 0.15) is 6.54 Å². The standard InChI is InChI=1S/C21H22N6O4/c1-12-3-5-15(7-13(12)2)24-18(28)10-27-20(22)19(25-26-27)21(29)23-9-14-4-6-16-17(8-14)31-11-30-16/h3-8H,9-11,22H2,1-2H3,(H,23,29)(H,24,28). The molecule has 0 aliphatic carbocycles. The van der Waals surface area contributed by atoms with Gasteiger partial charge >= 0.3 is 0 Å². The van der Waals surface area contributed by atoms with Crippen LogP contribution in [-0.2, 0) is 17.9 Å². The number of nitrogens with one attached hydrogen (secondary N) is 2. The Morgan fingerprint density at radius 3 is 2.71 bits per heavy atom. The third kappa shape index (κ3) is 4.42. The molecular formula is C21H22N6O4. The second kappa shape index (κ2) is 8.34. The summed E-state index contributed by atoms with van der Waals surface area (Å²) in [4.78, 5) is 24.8. The lowest BCUT2D eigenvalue weighted by molar-refractivity contribution is -0.116. The summed E-state index contributed by atoms with van der Waals surface area (Å²) in [6.07, 6.45) is 0. The van der Waals surface area contributed by atoms with Gasteiger partial charge in [-0.2, -0.15) is 0 Å². The second-order valence-corrected chi connectivity index (χ2v) is 7.20. The number of anilines is 2. The van der Waals surface area contributed by atoms with Crippen molar-refractivity contribution in [3.8, 4) is 11.5 Å². The smallest absolute Gasteiger partial charge is 0.275 e. The predicted molar refractivity (Wildman–Crippen MR) is 113 cm³/mol. The highest BCUT2D eigenvalue weighted by atomic mass is 16.7. The van der Waals surface area contributed by atoms with Crippen LogP contribution in [0.2, 0.25) is 0 Å². The Morgan fingerprint density at radius 1 is 1.10 bits per heavy atom. The third-order valence-electron chi connectivity index (χ3n) is 4.96. The summed E-state index contributed by atoms with van der Waals surface area (Å²) in [6.45, 7) is 4.23. The van der Waals surface area contributed by atoms with E-state index in [1.54, 1.807) is 12.1 Å². The van der Waals surface area contributed by atoms with Crippen LogP contribution < -0.4 is 25.8 Å². The molecule has 2 aromatic carbocycles. The Balaban J connectivity index is 1.36. The van der Waals surface area contributed by atoms with Gasteiger partial charge in [-0.15, -0.1) is 5.10 Å². The molecule has 1 aliphatic heterocycles. The number of aromatic nitrogens is 3. The normalized spacial score (nSPS) is 11.9. The zero-order valence-electron chi connectivity index (χ0n) is 17.1. The number of nitrogen functional groups attached to an aromatic ring is 1. The molecule has 0 fully saturated rings. The molecular weight excluding hydrogens is 400 g/mol. The Morgan fingerprint density at radius 2 is 1.90 bits per heavy atom. The van der Waals surface area contributed by atoms with Gasteiger partial charge in [0.25, 0.3) is 5.91 Å². The van der Waals surface area contributed by atoms with Crippen molar-refractivity contribution in [2.75, 3.05) is 17.8 Å². The summed E-state index contributed by atoms with van der Waals surface area (Å²) < 4.78 is 11.8. The predicted octanol–water partition coefficient (Wildman–Crippen LogP) is 1.77. The Labute approximate surface area is 178 Å². The molecule has 2 heterocycles. The van der Waals surface area contributed by atoms with Crippen LogP contribution in [0.25, 0.3) is 0 Å². The van der Waals surface area contributed by atoms with Crippen LogP contribution in [0, 0.1) is 13.8 Å². The van der Waals surface area contributed by atoms with E-state index in [1.807, 2.05) is 38.1 Å². The summed E-state index contributed by atoms with van der Waals surface area (Å²) in [5.41, 5.74) is 9.66. The monoisotopic (exact) mass is 422 g/mol. The number of hydrogen-bond acceptors (Lipinski definition) is 7. The fraction of sp³-hybridized carbons (Fsp3) is 0.238. The summed E-state index contributed by atoms with van der Waals surface area (Å²) in [5.74, 6) is 0.495. The first kappa shape index (κ1) is 20.2. The lowest BCUT2D eigenvalue weighted by atomic mass is 10.1. The van der Waals surface area contributed by atoms with Crippen molar-refractivity contribution in [2.45, 2.75) is 26.9 Å². The highest BCUT2D eigenvalue weighted by Crippen LogP contribution is 2.32. The SMILES string of the molecule is Cc1ccc(NC(=O)Cn2nnc(C(=O)NCc3ccc4c(c3)OCO4)c2N)cc1C. The molecule has 0 saturated carbocycles. The Hall–Kier alpha value is -4.08. The van der Waals surface area contributed by atoms with Crippen molar-refractivity contribution in [3.05, 3.63) is 58.8 Å². The van der Waals surface area contributed by atoms with E-state index in [2.05, 4.69) is 20.9 Å². The fourth-order valence-electron chi connectivity index (χ4n) is 3.07. The van der Waals surface area contributed by atoms with Gasteiger partial charge in [0.2, 0.25) is 12.7 Å². The highest BCUT2D eigenvalue weighted by molar-refractivity contribution is 5.97. The van der Waals surface area contributed by atoms with E-state index in [-0.39, 0.29) is 37.3 Å². The molecule has 10 heteroatoms. The average Bonchev–Trinajstić information content (AvgIpc) is 3.35. The van der Waals surface area contributed by atoms with Crippen LogP contribution >= 0.6 is 0 Å². The minimum atomic E-state index is -0.490. The molecule has 0 unspecified atom stereocenters. The molecule has 160 valence electrons. The maximum Gasteiger partial charge on any atom is 0.275 e. The van der Waals surface area contributed by atoms with Crippen molar-refractivity contribution in [2.24, 2.45) is 0 Å². The van der Waals surface area contributed by atoms with Crippen LogP contribution in [0.5, 0.6) is 11.5 Å². The van der Waals surface area contributed by atoms with E-state index in [4.69, 9.17) is 15.2 Å². The van der Waals surface area contributed by atoms with Gasteiger partial charge in [0.15, 0.2) is 23.0 Å². The molecule has 0 spiro atoms. The summed E-state index contributed by atoms with van der Waals surface area (Å²) in [7, 11) is 0. The summed E-state index contributed by atoms with van der Waals surface area (Å²) in [6, 6.07) is 11.0. The molecule has 1 aliphatic rings. The Kier molecular flexibility index (Phi) is 5.44. The number of aryl methyl sites for hydroxylation is 2. The summed E-state index contributed by atoms with van der Waals surface area (Å²) in [5, 5.41) is 13.2. The molecule has 1 aromatic heterocycles. The van der Waals surface area contributed by atoms with E-state index in [9.17, 15) is 9.59 Å². The van der Waals surface area contributed by atoms with Gasteiger partial charge in [-0.25, -0.2) is 4.68 Å². The first-order valence-corrected chi connectivity index (χ1v) is 9.63. The number of amides is 2. The number of fused-ring (bicyclic) bond motifs is 1. The number of benzene rings is 2. The number of ether oxygens (including phenoxy) is 2. The van der Waals surface area contributed by atoms with Crippen LogP contribution in [0.1, 0.15) is 27.2 Å². The highest BCUT2D eigenvalue weighted by Gasteiger charge is 2.19. The number of nitrogens with zero attached hydrogens (tertiary/aromatic N) is 3. The molecule has 4 N–H and O–H groups in total. The van der Waals surface area contributed by atoms with Crippen LogP contribution in [0.4, 0.5) is 11.5 Å². The largest absolute Gasteiger partial charge is 0.454 e. The molecule has 31 heavy (non-hydrogen) atoms. The van der Waals surface area contributed by atoms with Crippen molar-refractivity contribution >= 4 is 23.3 Å². The van der Waals surface area contributed by atoms with Gasteiger partial charge in [0.05, 0.1) is 0 Å². The Bertz CT molecular complexity index is 1160. The fourth-order valence-corrected chi connectivity index (χ4v) is 3.07. The summed E-state index contributed by atoms with van der Waals surface area (Å²) >= 11 is 0. The topological polar surface area (TPSA) is 133 Å². The molecule has 10 nitrogen and oxygen atoms in total. The van der Waals surface area contributed by atoms with Crippen molar-refractivity contribution in [3.63, 3.8) is 0 Å². The number of carbonyl (C=O) groups excluding carboxylic acids is 2. The van der Waals surface area contributed by atoms with Gasteiger partial charge < -0.3 is 25.8 Å². The zero-order valence-corrected chi connectivity index (χ0v) is 17.1. The van der Waals surface area contributed by atoms with Gasteiger partial charge in [-0.3, -0.25) is 9.59 Å². The first-order chi connectivity index (χ1) is 14.9. The minimum absolute atomic E-state index is 0.0124. The second-order valence-electron chi connectivity index (χ2n) is 7.20. The molecule has 4 rings (SSSR count). The van der Waals surface area contributed by atoms with Gasteiger partial charge in [0, 0.05) is 12.2 Å². The van der Waals surface area contributed by atoms with Crippen LogP contribution in [0.15, 0.2) is 36.4 Å². The molecule has 0 bridgehead atoms. The lowest BCUT2D eigenvalue weighted by Gasteiger charge is -2.08. The number of carbonyl (C=O) groups is 2. The maximum absolute atomic E-state index is 12.5. The van der Waals surface area contributed by atoms with Crippen molar-refractivity contribution < 1.29 is 19.1 Å². The van der Waals surface area contributed by atoms with Gasteiger partial charge in [-0.1, -0.05) is 17.3 Å². The van der Waals surface area contributed by atoms with E-state index in [1.165, 1.54) is 4.68 Å². The first-order valence-electron chi connectivity index (χ1n) is 9.63.